The maximum Gasteiger partial charge on any atom is 0.156 e. The van der Waals surface area contributed by atoms with Crippen LogP contribution >= 0.6 is 11.6 Å². The predicted molar refractivity (Wildman–Crippen MR) is 78.2 cm³/mol. The summed E-state index contributed by atoms with van der Waals surface area (Å²) in [5.41, 5.74) is 0.352. The van der Waals surface area contributed by atoms with Crippen molar-refractivity contribution < 1.29 is 4.79 Å². The maximum absolute atomic E-state index is 11.0. The zero-order chi connectivity index (χ0) is 14.1. The molecule has 6 heteroatoms. The highest BCUT2D eigenvalue weighted by atomic mass is 35.5. The van der Waals surface area contributed by atoms with Gasteiger partial charge >= 0.3 is 0 Å². The van der Waals surface area contributed by atoms with Crippen LogP contribution in [0.4, 0.5) is 5.82 Å². The van der Waals surface area contributed by atoms with Gasteiger partial charge in [0, 0.05) is 18.6 Å². The minimum atomic E-state index is 0.209. The van der Waals surface area contributed by atoms with E-state index in [1.807, 2.05) is 0 Å². The monoisotopic (exact) mass is 294 g/mol. The van der Waals surface area contributed by atoms with Crippen molar-refractivity contribution in [3.05, 3.63) is 17.0 Å². The SMILES string of the molecule is CN1C2CCC1CC(CNc1ncnc(Cl)c1C=O)C2. The van der Waals surface area contributed by atoms with Gasteiger partial charge in [0.05, 0.1) is 5.56 Å². The van der Waals surface area contributed by atoms with Crippen LogP contribution in [0, 0.1) is 5.92 Å². The number of nitrogens with one attached hydrogen (secondary N) is 1. The quantitative estimate of drug-likeness (QED) is 0.682. The lowest BCUT2D eigenvalue weighted by Gasteiger charge is -2.36. The number of hydrogen-bond acceptors (Lipinski definition) is 5. The standard InChI is InChI=1S/C14H19ClN4O/c1-19-10-2-3-11(19)5-9(4-10)6-16-14-12(7-20)13(15)17-8-18-14/h7-11H,2-6H2,1H3,(H,16,17,18). The topological polar surface area (TPSA) is 58.1 Å². The summed E-state index contributed by atoms with van der Waals surface area (Å²) in [7, 11) is 2.24. The summed E-state index contributed by atoms with van der Waals surface area (Å²) in [6.07, 6.45) is 7.16. The molecule has 2 bridgehead atoms. The van der Waals surface area contributed by atoms with Gasteiger partial charge in [0.2, 0.25) is 0 Å². The molecule has 2 fully saturated rings. The number of halogens is 1. The highest BCUT2D eigenvalue weighted by molar-refractivity contribution is 6.32. The van der Waals surface area contributed by atoms with E-state index in [9.17, 15) is 4.79 Å². The second-order valence-corrected chi connectivity index (χ2v) is 6.17. The van der Waals surface area contributed by atoms with Gasteiger partial charge in [-0.05, 0) is 38.6 Å². The van der Waals surface area contributed by atoms with Crippen LogP contribution in [0.5, 0.6) is 0 Å². The van der Waals surface area contributed by atoms with Gasteiger partial charge in [-0.25, -0.2) is 9.97 Å². The lowest BCUT2D eigenvalue weighted by molar-refractivity contribution is 0.112. The zero-order valence-corrected chi connectivity index (χ0v) is 12.3. The van der Waals surface area contributed by atoms with Gasteiger partial charge in [-0.1, -0.05) is 11.6 Å². The van der Waals surface area contributed by atoms with Crippen molar-refractivity contribution in [2.45, 2.75) is 37.8 Å². The van der Waals surface area contributed by atoms with Gasteiger partial charge < -0.3 is 10.2 Å². The van der Waals surface area contributed by atoms with Crippen molar-refractivity contribution in [2.75, 3.05) is 18.9 Å². The summed E-state index contributed by atoms with van der Waals surface area (Å²) in [6, 6.07) is 1.44. The van der Waals surface area contributed by atoms with E-state index in [1.54, 1.807) is 0 Å². The molecule has 0 spiro atoms. The highest BCUT2D eigenvalue weighted by Gasteiger charge is 2.38. The Morgan fingerprint density at radius 3 is 2.75 bits per heavy atom. The molecule has 3 heterocycles. The van der Waals surface area contributed by atoms with Gasteiger partial charge in [-0.2, -0.15) is 0 Å². The molecule has 2 aliphatic heterocycles. The summed E-state index contributed by atoms with van der Waals surface area (Å²) in [6.45, 7) is 0.842. The molecule has 0 radical (unpaired) electrons. The van der Waals surface area contributed by atoms with Crippen LogP contribution in [0.3, 0.4) is 0 Å². The fourth-order valence-electron chi connectivity index (χ4n) is 3.55. The molecule has 1 aromatic rings. The van der Waals surface area contributed by atoms with Gasteiger partial charge in [-0.15, -0.1) is 0 Å². The van der Waals surface area contributed by atoms with Gasteiger partial charge in [0.1, 0.15) is 17.3 Å². The van der Waals surface area contributed by atoms with Crippen LogP contribution in [0.15, 0.2) is 6.33 Å². The second-order valence-electron chi connectivity index (χ2n) is 5.81. The third kappa shape index (κ3) is 2.52. The number of fused-ring (bicyclic) bond motifs is 2. The molecular formula is C14H19ClN4O. The van der Waals surface area contributed by atoms with E-state index in [0.717, 1.165) is 18.6 Å². The maximum atomic E-state index is 11.0. The van der Waals surface area contributed by atoms with Crippen molar-refractivity contribution >= 4 is 23.7 Å². The second kappa shape index (κ2) is 5.66. The minimum Gasteiger partial charge on any atom is -0.369 e. The number of nitrogens with zero attached hydrogens (tertiary/aromatic N) is 3. The fourth-order valence-corrected chi connectivity index (χ4v) is 3.73. The van der Waals surface area contributed by atoms with E-state index in [0.29, 0.717) is 23.6 Å². The third-order valence-electron chi connectivity index (χ3n) is 4.71. The molecular weight excluding hydrogens is 276 g/mol. The van der Waals surface area contributed by atoms with Crippen LogP contribution < -0.4 is 5.32 Å². The summed E-state index contributed by atoms with van der Waals surface area (Å²) < 4.78 is 0. The van der Waals surface area contributed by atoms with E-state index in [4.69, 9.17) is 11.6 Å². The van der Waals surface area contributed by atoms with Crippen molar-refractivity contribution in [1.82, 2.24) is 14.9 Å². The number of hydrogen-bond donors (Lipinski definition) is 1. The molecule has 0 aliphatic carbocycles. The zero-order valence-electron chi connectivity index (χ0n) is 11.6. The summed E-state index contributed by atoms with van der Waals surface area (Å²) in [5, 5.41) is 3.48. The fraction of sp³-hybridized carbons (Fsp3) is 0.643. The molecule has 20 heavy (non-hydrogen) atoms. The molecule has 2 unspecified atom stereocenters. The Balaban J connectivity index is 1.63. The number of carbonyl (C=O) groups is 1. The number of carbonyl (C=O) groups excluding carboxylic acids is 1. The number of aromatic nitrogens is 2. The lowest BCUT2D eigenvalue weighted by Crippen LogP contribution is -2.41. The van der Waals surface area contributed by atoms with E-state index in [1.165, 1.54) is 32.0 Å². The Bertz CT molecular complexity index is 496. The Labute approximate surface area is 123 Å². The van der Waals surface area contributed by atoms with E-state index >= 15 is 0 Å². The number of anilines is 1. The van der Waals surface area contributed by atoms with Crippen molar-refractivity contribution in [1.29, 1.82) is 0 Å². The van der Waals surface area contributed by atoms with E-state index in [-0.39, 0.29) is 5.15 Å². The predicted octanol–water partition coefficient (Wildman–Crippen LogP) is 2.23. The molecule has 108 valence electrons. The molecule has 0 saturated carbocycles. The molecule has 1 aromatic heterocycles. The summed E-state index contributed by atoms with van der Waals surface area (Å²) >= 11 is 5.90. The van der Waals surface area contributed by atoms with Crippen LogP contribution in [-0.2, 0) is 0 Å². The average Bonchev–Trinajstić information content (AvgIpc) is 2.66. The van der Waals surface area contributed by atoms with Crippen LogP contribution in [0.25, 0.3) is 0 Å². The molecule has 0 aromatic carbocycles. The molecule has 3 rings (SSSR count). The smallest absolute Gasteiger partial charge is 0.156 e. The largest absolute Gasteiger partial charge is 0.369 e. The van der Waals surface area contributed by atoms with Crippen molar-refractivity contribution in [2.24, 2.45) is 5.92 Å². The molecule has 0 amide bonds. The highest BCUT2D eigenvalue weighted by Crippen LogP contribution is 2.37. The van der Waals surface area contributed by atoms with Crippen molar-refractivity contribution in [3.8, 4) is 0 Å². The first-order valence-corrected chi connectivity index (χ1v) is 7.48. The first-order valence-electron chi connectivity index (χ1n) is 7.10. The average molecular weight is 295 g/mol. The molecule has 2 aliphatic rings. The molecule has 5 nitrogen and oxygen atoms in total. The Morgan fingerprint density at radius 2 is 2.10 bits per heavy atom. The van der Waals surface area contributed by atoms with E-state index < -0.39 is 0 Å². The minimum absolute atomic E-state index is 0.209. The Hall–Kier alpha value is -1.20. The number of rotatable bonds is 4. The summed E-state index contributed by atoms with van der Waals surface area (Å²) in [5.74, 6) is 1.18. The van der Waals surface area contributed by atoms with Crippen LogP contribution in [0.1, 0.15) is 36.0 Å². The summed E-state index contributed by atoms with van der Waals surface area (Å²) in [4.78, 5) is 21.5. The third-order valence-corrected chi connectivity index (χ3v) is 5.01. The molecule has 1 N–H and O–H groups in total. The number of piperidine rings is 1. The van der Waals surface area contributed by atoms with Crippen LogP contribution in [-0.4, -0.2) is 46.8 Å². The molecule has 2 saturated heterocycles. The van der Waals surface area contributed by atoms with Gasteiger partial charge in [-0.3, -0.25) is 4.79 Å². The first-order chi connectivity index (χ1) is 9.69. The van der Waals surface area contributed by atoms with Crippen molar-refractivity contribution in [3.63, 3.8) is 0 Å². The normalized spacial score (nSPS) is 29.4. The Kier molecular flexibility index (Phi) is 3.89. The Morgan fingerprint density at radius 1 is 1.40 bits per heavy atom. The lowest BCUT2D eigenvalue weighted by atomic mass is 9.91. The van der Waals surface area contributed by atoms with Gasteiger partial charge in [0.25, 0.3) is 0 Å². The molecule has 2 atom stereocenters. The first kappa shape index (κ1) is 13.8. The van der Waals surface area contributed by atoms with Crippen LogP contribution in [0.2, 0.25) is 5.15 Å². The van der Waals surface area contributed by atoms with E-state index in [2.05, 4.69) is 27.2 Å². The van der Waals surface area contributed by atoms with Gasteiger partial charge in [0.15, 0.2) is 6.29 Å². The number of aldehydes is 1.